The van der Waals surface area contributed by atoms with Gasteiger partial charge in [-0.2, -0.15) is 0 Å². The molecule has 0 aliphatic carbocycles. The largest absolute Gasteiger partial charge is 0.376 e. The molecule has 1 unspecified atom stereocenters. The zero-order chi connectivity index (χ0) is 11.4. The number of halogens is 1. The second-order valence-corrected chi connectivity index (χ2v) is 4.87. The van der Waals surface area contributed by atoms with Crippen molar-refractivity contribution >= 4 is 28.6 Å². The van der Waals surface area contributed by atoms with Gasteiger partial charge in [-0.15, -0.1) is 11.3 Å². The first-order valence-corrected chi connectivity index (χ1v) is 6.31. The third-order valence-corrected chi connectivity index (χ3v) is 3.51. The van der Waals surface area contributed by atoms with Gasteiger partial charge in [-0.25, -0.2) is 0 Å². The first-order valence-electron chi connectivity index (χ1n) is 5.05. The molecule has 3 N–H and O–H groups in total. The van der Waals surface area contributed by atoms with Crippen LogP contribution in [-0.4, -0.2) is 6.54 Å². The van der Waals surface area contributed by atoms with E-state index < -0.39 is 0 Å². The topological polar surface area (TPSA) is 38.0 Å². The molecule has 2 rings (SSSR count). The molecule has 2 nitrogen and oxygen atoms in total. The summed E-state index contributed by atoms with van der Waals surface area (Å²) in [5.74, 6) is 0. The fourth-order valence-electron chi connectivity index (χ4n) is 1.52. The van der Waals surface area contributed by atoms with Crippen molar-refractivity contribution in [2.45, 2.75) is 6.04 Å². The van der Waals surface area contributed by atoms with Gasteiger partial charge in [-0.1, -0.05) is 23.7 Å². The zero-order valence-electron chi connectivity index (χ0n) is 8.69. The van der Waals surface area contributed by atoms with E-state index in [0.717, 1.165) is 10.7 Å². The monoisotopic (exact) mass is 252 g/mol. The Morgan fingerprint density at radius 3 is 2.81 bits per heavy atom. The van der Waals surface area contributed by atoms with E-state index in [1.165, 1.54) is 4.88 Å². The maximum atomic E-state index is 5.93. The minimum atomic E-state index is 0.151. The number of hydrogen-bond acceptors (Lipinski definition) is 3. The summed E-state index contributed by atoms with van der Waals surface area (Å²) >= 11 is 7.63. The lowest BCUT2D eigenvalue weighted by atomic mass is 10.2. The highest BCUT2D eigenvalue weighted by atomic mass is 35.5. The smallest absolute Gasteiger partial charge is 0.0728 e. The second kappa shape index (κ2) is 5.34. The SMILES string of the molecule is NCC(Nc1cccc(Cl)c1)c1cccs1. The third-order valence-electron chi connectivity index (χ3n) is 2.29. The molecule has 1 atom stereocenters. The lowest BCUT2D eigenvalue weighted by Gasteiger charge is -2.16. The predicted octanol–water partition coefficient (Wildman–Crippen LogP) is 3.51. The maximum Gasteiger partial charge on any atom is 0.0728 e. The van der Waals surface area contributed by atoms with Crippen molar-refractivity contribution in [3.63, 3.8) is 0 Å². The van der Waals surface area contributed by atoms with Gasteiger partial charge in [-0.3, -0.25) is 0 Å². The molecule has 0 aliphatic rings. The number of hydrogen-bond donors (Lipinski definition) is 2. The van der Waals surface area contributed by atoms with Crippen molar-refractivity contribution in [1.29, 1.82) is 0 Å². The molecule has 0 fully saturated rings. The van der Waals surface area contributed by atoms with Gasteiger partial charge in [0.15, 0.2) is 0 Å². The Bertz CT molecular complexity index is 442. The molecular formula is C12H13ClN2S. The number of thiophene rings is 1. The fourth-order valence-corrected chi connectivity index (χ4v) is 2.50. The second-order valence-electron chi connectivity index (χ2n) is 3.46. The Kier molecular flexibility index (Phi) is 3.83. The van der Waals surface area contributed by atoms with Crippen molar-refractivity contribution in [2.75, 3.05) is 11.9 Å². The standard InChI is InChI=1S/C12H13ClN2S/c13-9-3-1-4-10(7-9)15-11(8-14)12-5-2-6-16-12/h1-7,11,15H,8,14H2. The van der Waals surface area contributed by atoms with Crippen LogP contribution in [-0.2, 0) is 0 Å². The Morgan fingerprint density at radius 2 is 2.19 bits per heavy atom. The number of rotatable bonds is 4. The van der Waals surface area contributed by atoms with E-state index in [4.69, 9.17) is 17.3 Å². The predicted molar refractivity (Wildman–Crippen MR) is 71.2 cm³/mol. The molecule has 0 saturated carbocycles. The highest BCUT2D eigenvalue weighted by Crippen LogP contribution is 2.24. The Morgan fingerprint density at radius 1 is 1.31 bits per heavy atom. The summed E-state index contributed by atoms with van der Waals surface area (Å²) in [5, 5.41) is 6.15. The zero-order valence-corrected chi connectivity index (χ0v) is 10.3. The van der Waals surface area contributed by atoms with Gasteiger partial charge in [0.1, 0.15) is 0 Å². The summed E-state index contributed by atoms with van der Waals surface area (Å²) in [6.45, 7) is 0.563. The first kappa shape index (κ1) is 11.5. The summed E-state index contributed by atoms with van der Waals surface area (Å²) in [6.07, 6.45) is 0. The lowest BCUT2D eigenvalue weighted by Crippen LogP contribution is -2.19. The van der Waals surface area contributed by atoms with Crippen molar-refractivity contribution in [2.24, 2.45) is 5.73 Å². The van der Waals surface area contributed by atoms with Crippen molar-refractivity contribution in [1.82, 2.24) is 0 Å². The fraction of sp³-hybridized carbons (Fsp3) is 0.167. The number of benzene rings is 1. The minimum absolute atomic E-state index is 0.151. The normalized spacial score (nSPS) is 12.4. The summed E-state index contributed by atoms with van der Waals surface area (Å²) in [6, 6.07) is 11.9. The molecule has 84 valence electrons. The molecule has 0 amide bonds. The van der Waals surface area contributed by atoms with Gasteiger partial charge in [0.05, 0.1) is 6.04 Å². The van der Waals surface area contributed by atoms with Crippen LogP contribution in [0.25, 0.3) is 0 Å². The molecule has 0 spiro atoms. The summed E-state index contributed by atoms with van der Waals surface area (Å²) < 4.78 is 0. The molecule has 4 heteroatoms. The Hall–Kier alpha value is -1.03. The van der Waals surface area contributed by atoms with E-state index in [2.05, 4.69) is 16.8 Å². The molecule has 0 radical (unpaired) electrons. The highest BCUT2D eigenvalue weighted by Gasteiger charge is 2.09. The molecule has 16 heavy (non-hydrogen) atoms. The maximum absolute atomic E-state index is 5.93. The van der Waals surface area contributed by atoms with Gasteiger partial charge in [0, 0.05) is 22.1 Å². The minimum Gasteiger partial charge on any atom is -0.376 e. The molecule has 2 aromatic rings. The van der Waals surface area contributed by atoms with Gasteiger partial charge >= 0.3 is 0 Å². The van der Waals surface area contributed by atoms with Crippen LogP contribution < -0.4 is 11.1 Å². The van der Waals surface area contributed by atoms with Crippen LogP contribution in [0.4, 0.5) is 5.69 Å². The van der Waals surface area contributed by atoms with Gasteiger partial charge in [0.25, 0.3) is 0 Å². The van der Waals surface area contributed by atoms with E-state index in [-0.39, 0.29) is 6.04 Å². The third kappa shape index (κ3) is 2.76. The van der Waals surface area contributed by atoms with E-state index >= 15 is 0 Å². The number of nitrogens with two attached hydrogens (primary N) is 1. The van der Waals surface area contributed by atoms with E-state index in [0.29, 0.717) is 6.54 Å². The average molecular weight is 253 g/mol. The van der Waals surface area contributed by atoms with Crippen LogP contribution >= 0.6 is 22.9 Å². The molecule has 0 saturated heterocycles. The van der Waals surface area contributed by atoms with Crippen LogP contribution in [0.1, 0.15) is 10.9 Å². The van der Waals surface area contributed by atoms with Crippen LogP contribution in [0.2, 0.25) is 5.02 Å². The Labute approximate surface area is 104 Å². The molecule has 0 aliphatic heterocycles. The van der Waals surface area contributed by atoms with E-state index in [1.807, 2.05) is 30.3 Å². The van der Waals surface area contributed by atoms with Crippen LogP contribution in [0.5, 0.6) is 0 Å². The van der Waals surface area contributed by atoms with Crippen molar-refractivity contribution in [3.8, 4) is 0 Å². The lowest BCUT2D eigenvalue weighted by molar-refractivity contribution is 0.806. The first-order chi connectivity index (χ1) is 7.79. The van der Waals surface area contributed by atoms with Crippen molar-refractivity contribution in [3.05, 3.63) is 51.7 Å². The van der Waals surface area contributed by atoms with Crippen LogP contribution in [0.15, 0.2) is 41.8 Å². The number of nitrogens with one attached hydrogen (secondary N) is 1. The van der Waals surface area contributed by atoms with Gasteiger partial charge in [0.2, 0.25) is 0 Å². The van der Waals surface area contributed by atoms with Crippen LogP contribution in [0, 0.1) is 0 Å². The molecule has 1 aromatic heterocycles. The van der Waals surface area contributed by atoms with Gasteiger partial charge in [-0.05, 0) is 29.6 Å². The Balaban J connectivity index is 2.13. The molecule has 1 aromatic carbocycles. The average Bonchev–Trinajstić information content (AvgIpc) is 2.79. The number of anilines is 1. The molecular weight excluding hydrogens is 240 g/mol. The van der Waals surface area contributed by atoms with E-state index in [9.17, 15) is 0 Å². The van der Waals surface area contributed by atoms with Crippen molar-refractivity contribution < 1.29 is 0 Å². The molecule has 0 bridgehead atoms. The summed E-state index contributed by atoms with van der Waals surface area (Å²) in [5.41, 5.74) is 6.76. The van der Waals surface area contributed by atoms with Gasteiger partial charge < -0.3 is 11.1 Å². The summed E-state index contributed by atoms with van der Waals surface area (Å²) in [4.78, 5) is 1.24. The highest BCUT2D eigenvalue weighted by molar-refractivity contribution is 7.10. The summed E-state index contributed by atoms with van der Waals surface area (Å²) in [7, 11) is 0. The van der Waals surface area contributed by atoms with E-state index in [1.54, 1.807) is 11.3 Å². The van der Waals surface area contributed by atoms with Crippen LogP contribution in [0.3, 0.4) is 0 Å². The molecule has 1 heterocycles. The quantitative estimate of drug-likeness (QED) is 0.874.